The molecule has 1 rings (SSSR count). The van der Waals surface area contributed by atoms with Crippen molar-refractivity contribution in [2.75, 3.05) is 7.11 Å². The highest BCUT2D eigenvalue weighted by molar-refractivity contribution is 4.98. The highest BCUT2D eigenvalue weighted by Gasteiger charge is 2.47. The van der Waals surface area contributed by atoms with Crippen molar-refractivity contribution in [3.05, 3.63) is 0 Å². The smallest absolute Gasteiger partial charge is 0.187 e. The van der Waals surface area contributed by atoms with Gasteiger partial charge in [-0.25, -0.2) is 0 Å². The molecule has 0 bridgehead atoms. The summed E-state index contributed by atoms with van der Waals surface area (Å²) in [6.45, 7) is 1.98. The van der Waals surface area contributed by atoms with E-state index in [0.29, 0.717) is 6.04 Å². The van der Waals surface area contributed by atoms with Crippen LogP contribution in [-0.4, -0.2) is 19.0 Å². The van der Waals surface area contributed by atoms with Crippen LogP contribution in [0.3, 0.4) is 0 Å². The Morgan fingerprint density at radius 3 is 2.29 bits per heavy atom. The first-order valence-electron chi connectivity index (χ1n) is 2.31. The average molecular weight is 102 g/mol. The fourth-order valence-electron chi connectivity index (χ4n) is 0.532. The van der Waals surface area contributed by atoms with Gasteiger partial charge in [-0.05, 0) is 6.92 Å². The number of rotatable bonds is 1. The molecule has 3 nitrogen and oxygen atoms in total. The Balaban J connectivity index is 2.36. The van der Waals surface area contributed by atoms with E-state index in [0.717, 1.165) is 0 Å². The number of methoxy groups -OCH3 is 1. The molecule has 1 aliphatic heterocycles. The van der Waals surface area contributed by atoms with E-state index in [-0.39, 0.29) is 0 Å². The largest absolute Gasteiger partial charge is 0.349 e. The normalized spacial score (nSPS) is 49.3. The van der Waals surface area contributed by atoms with E-state index in [2.05, 4.69) is 5.32 Å². The molecule has 0 saturated carbocycles. The first-order chi connectivity index (χ1) is 3.19. The molecule has 42 valence electrons. The summed E-state index contributed by atoms with van der Waals surface area (Å²) in [5, 5.41) is 2.91. The Morgan fingerprint density at radius 2 is 2.29 bits per heavy atom. The molecule has 0 spiro atoms. The van der Waals surface area contributed by atoms with Crippen LogP contribution in [0, 0.1) is 0 Å². The Labute approximate surface area is 42.8 Å². The summed E-state index contributed by atoms with van der Waals surface area (Å²) >= 11 is 0. The topological polar surface area (TPSA) is 57.2 Å². The molecule has 0 radical (unpaired) electrons. The fraction of sp³-hybridized carbons (Fsp3) is 1.00. The first-order valence-corrected chi connectivity index (χ1v) is 2.31. The van der Waals surface area contributed by atoms with Crippen molar-refractivity contribution in [3.8, 4) is 0 Å². The molecule has 1 heterocycles. The van der Waals surface area contributed by atoms with Gasteiger partial charge in [0.2, 0.25) is 0 Å². The van der Waals surface area contributed by atoms with Crippen LogP contribution >= 0.6 is 0 Å². The molecule has 1 aliphatic rings. The van der Waals surface area contributed by atoms with Crippen molar-refractivity contribution in [3.63, 3.8) is 0 Å². The fourth-order valence-corrected chi connectivity index (χ4v) is 0.532. The zero-order valence-corrected chi connectivity index (χ0v) is 4.56. The van der Waals surface area contributed by atoms with Gasteiger partial charge in [0.05, 0.1) is 6.04 Å². The molecular weight excluding hydrogens is 92.1 g/mol. The maximum Gasteiger partial charge on any atom is 0.187 e. The second kappa shape index (κ2) is 1.18. The van der Waals surface area contributed by atoms with Crippen molar-refractivity contribution in [2.45, 2.75) is 18.8 Å². The van der Waals surface area contributed by atoms with E-state index in [1.165, 1.54) is 0 Å². The third kappa shape index (κ3) is 0.627. The third-order valence-electron chi connectivity index (χ3n) is 1.34. The zero-order valence-electron chi connectivity index (χ0n) is 4.56. The molecule has 0 aromatic heterocycles. The number of nitrogens with one attached hydrogen (secondary N) is 1. The van der Waals surface area contributed by atoms with Crippen LogP contribution < -0.4 is 11.1 Å². The Bertz CT molecular complexity index is 81.8. The predicted octanol–water partition coefficient (Wildman–Crippen LogP) is -0.763. The lowest BCUT2D eigenvalue weighted by Crippen LogP contribution is -2.31. The molecule has 2 atom stereocenters. The number of ether oxygens (including phenoxy) is 1. The van der Waals surface area contributed by atoms with Gasteiger partial charge in [-0.1, -0.05) is 0 Å². The lowest BCUT2D eigenvalue weighted by molar-refractivity contribution is 0.0750. The van der Waals surface area contributed by atoms with Gasteiger partial charge in [-0.3, -0.25) is 11.1 Å². The summed E-state index contributed by atoms with van der Waals surface area (Å²) in [6.07, 6.45) is 0. The van der Waals surface area contributed by atoms with Crippen LogP contribution in [0.5, 0.6) is 0 Å². The van der Waals surface area contributed by atoms with Gasteiger partial charge in [0, 0.05) is 7.11 Å². The van der Waals surface area contributed by atoms with Crippen LogP contribution in [0.25, 0.3) is 0 Å². The first kappa shape index (κ1) is 5.03. The van der Waals surface area contributed by atoms with Gasteiger partial charge in [0.25, 0.3) is 0 Å². The van der Waals surface area contributed by atoms with Crippen molar-refractivity contribution < 1.29 is 4.74 Å². The van der Waals surface area contributed by atoms with Crippen molar-refractivity contribution in [2.24, 2.45) is 5.73 Å². The van der Waals surface area contributed by atoms with Crippen molar-refractivity contribution in [1.29, 1.82) is 0 Å². The van der Waals surface area contributed by atoms with E-state index in [4.69, 9.17) is 10.5 Å². The second-order valence-electron chi connectivity index (χ2n) is 1.86. The molecule has 0 aromatic rings. The van der Waals surface area contributed by atoms with E-state index in [1.54, 1.807) is 7.11 Å². The molecule has 7 heavy (non-hydrogen) atoms. The van der Waals surface area contributed by atoms with Gasteiger partial charge >= 0.3 is 0 Å². The molecule has 1 fully saturated rings. The molecule has 0 aromatic carbocycles. The molecule has 2 unspecified atom stereocenters. The van der Waals surface area contributed by atoms with Crippen molar-refractivity contribution in [1.82, 2.24) is 5.32 Å². The summed E-state index contributed by atoms with van der Waals surface area (Å²) in [5.74, 6) is -0.500. The number of hydrogen-bond donors (Lipinski definition) is 2. The Morgan fingerprint density at radius 1 is 1.86 bits per heavy atom. The van der Waals surface area contributed by atoms with E-state index >= 15 is 0 Å². The summed E-state index contributed by atoms with van der Waals surface area (Å²) in [7, 11) is 1.59. The monoisotopic (exact) mass is 102 g/mol. The quantitative estimate of drug-likeness (QED) is 0.338. The van der Waals surface area contributed by atoms with E-state index < -0.39 is 5.85 Å². The van der Waals surface area contributed by atoms with E-state index in [9.17, 15) is 0 Å². The Kier molecular flexibility index (Phi) is 0.849. The van der Waals surface area contributed by atoms with Crippen LogP contribution in [0.15, 0.2) is 0 Å². The number of nitrogens with two attached hydrogens (primary N) is 1. The maximum atomic E-state index is 5.46. The minimum absolute atomic E-state index is 0.317. The van der Waals surface area contributed by atoms with Gasteiger partial charge in [0.1, 0.15) is 0 Å². The minimum Gasteiger partial charge on any atom is -0.349 e. The van der Waals surface area contributed by atoms with Crippen LogP contribution in [0.2, 0.25) is 0 Å². The summed E-state index contributed by atoms with van der Waals surface area (Å²) < 4.78 is 4.83. The molecule has 0 aliphatic carbocycles. The van der Waals surface area contributed by atoms with Gasteiger partial charge < -0.3 is 4.74 Å². The second-order valence-corrected chi connectivity index (χ2v) is 1.86. The standard InChI is InChI=1S/C4H10N2O/c1-3-4(5,6-3)7-2/h3,6H,5H2,1-2H3. The van der Waals surface area contributed by atoms with E-state index in [1.807, 2.05) is 6.92 Å². The highest BCUT2D eigenvalue weighted by atomic mass is 16.5. The van der Waals surface area contributed by atoms with Crippen LogP contribution in [-0.2, 0) is 4.74 Å². The lowest BCUT2D eigenvalue weighted by Gasteiger charge is -2.01. The minimum atomic E-state index is -0.500. The van der Waals surface area contributed by atoms with Gasteiger partial charge in [0.15, 0.2) is 5.85 Å². The molecule has 0 amide bonds. The number of hydrogen-bond acceptors (Lipinski definition) is 3. The summed E-state index contributed by atoms with van der Waals surface area (Å²) in [6, 6.07) is 0.317. The van der Waals surface area contributed by atoms with Gasteiger partial charge in [-0.15, -0.1) is 0 Å². The third-order valence-corrected chi connectivity index (χ3v) is 1.34. The predicted molar refractivity (Wildman–Crippen MR) is 26.5 cm³/mol. The van der Waals surface area contributed by atoms with Crippen LogP contribution in [0.4, 0.5) is 0 Å². The van der Waals surface area contributed by atoms with Gasteiger partial charge in [-0.2, -0.15) is 0 Å². The van der Waals surface area contributed by atoms with Crippen LogP contribution in [0.1, 0.15) is 6.92 Å². The zero-order chi connectivity index (χ0) is 5.49. The average Bonchev–Trinajstić information content (AvgIpc) is 2.18. The summed E-state index contributed by atoms with van der Waals surface area (Å²) in [5.41, 5.74) is 5.46. The highest BCUT2D eigenvalue weighted by Crippen LogP contribution is 2.18. The molecule has 3 N–H and O–H groups in total. The summed E-state index contributed by atoms with van der Waals surface area (Å²) in [4.78, 5) is 0. The Hall–Kier alpha value is -0.120. The van der Waals surface area contributed by atoms with Crippen molar-refractivity contribution >= 4 is 0 Å². The molecule has 3 heteroatoms. The lowest BCUT2D eigenvalue weighted by atomic mass is 10.4. The maximum absolute atomic E-state index is 5.46. The molecular formula is C4H10N2O. The SMILES string of the molecule is COC1(N)NC1C. The molecule has 1 saturated heterocycles.